The van der Waals surface area contributed by atoms with Gasteiger partial charge in [-0.25, -0.2) is 4.79 Å². The Labute approximate surface area is 120 Å². The van der Waals surface area contributed by atoms with Crippen molar-refractivity contribution in [1.82, 2.24) is 0 Å². The third-order valence-electron chi connectivity index (χ3n) is 3.77. The zero-order valence-corrected chi connectivity index (χ0v) is 12.2. The monoisotopic (exact) mass is 277 g/mol. The van der Waals surface area contributed by atoms with Gasteiger partial charge in [-0.15, -0.1) is 0 Å². The molecule has 0 spiro atoms. The predicted octanol–water partition coefficient (Wildman–Crippen LogP) is 2.30. The third-order valence-corrected chi connectivity index (χ3v) is 3.77. The van der Waals surface area contributed by atoms with Crippen LogP contribution < -0.4 is 10.5 Å². The van der Waals surface area contributed by atoms with Crippen molar-refractivity contribution >= 4 is 5.97 Å². The average molecular weight is 277 g/mol. The first kappa shape index (κ1) is 14.9. The molecule has 1 aromatic carbocycles. The Bertz CT molecular complexity index is 453. The van der Waals surface area contributed by atoms with Crippen LogP contribution in [-0.4, -0.2) is 24.7 Å². The molecule has 2 rings (SSSR count). The molecular formula is C16H23NO3. The van der Waals surface area contributed by atoms with Crippen molar-refractivity contribution in [2.24, 2.45) is 11.7 Å². The highest BCUT2D eigenvalue weighted by Crippen LogP contribution is 2.39. The van der Waals surface area contributed by atoms with Crippen LogP contribution in [0.2, 0.25) is 0 Å². The maximum atomic E-state index is 12.0. The van der Waals surface area contributed by atoms with Gasteiger partial charge in [0.1, 0.15) is 12.4 Å². The molecule has 1 atom stereocenters. The molecule has 20 heavy (non-hydrogen) atoms. The second-order valence-electron chi connectivity index (χ2n) is 5.32. The highest BCUT2D eigenvalue weighted by Gasteiger charge is 2.50. The molecule has 0 radical (unpaired) electrons. The van der Waals surface area contributed by atoms with Crippen molar-refractivity contribution in [2.75, 3.05) is 13.2 Å². The summed E-state index contributed by atoms with van der Waals surface area (Å²) in [5.74, 6) is 0.561. The summed E-state index contributed by atoms with van der Waals surface area (Å²) in [4.78, 5) is 12.0. The zero-order valence-electron chi connectivity index (χ0n) is 12.2. The van der Waals surface area contributed by atoms with Crippen LogP contribution in [0, 0.1) is 5.92 Å². The molecule has 0 aromatic heterocycles. The lowest BCUT2D eigenvalue weighted by Gasteiger charge is -2.27. The second-order valence-corrected chi connectivity index (χ2v) is 5.32. The molecule has 1 aliphatic carbocycles. The first-order chi connectivity index (χ1) is 9.60. The first-order valence-corrected chi connectivity index (χ1v) is 7.28. The summed E-state index contributed by atoms with van der Waals surface area (Å²) >= 11 is 0. The number of rotatable bonds is 7. The summed E-state index contributed by atoms with van der Waals surface area (Å²) in [6.07, 6.45) is 2.92. The fourth-order valence-electron chi connectivity index (χ4n) is 2.23. The lowest BCUT2D eigenvalue weighted by molar-refractivity contribution is -0.151. The van der Waals surface area contributed by atoms with Crippen LogP contribution in [0.1, 0.15) is 32.3 Å². The molecule has 1 fully saturated rings. The van der Waals surface area contributed by atoms with E-state index in [0.717, 1.165) is 25.0 Å². The third kappa shape index (κ3) is 3.31. The number of nitrogens with two attached hydrogens (primary N) is 1. The van der Waals surface area contributed by atoms with Crippen LogP contribution in [0.3, 0.4) is 0 Å². The molecule has 1 aliphatic rings. The molecule has 110 valence electrons. The molecule has 4 nitrogen and oxygen atoms in total. The van der Waals surface area contributed by atoms with Crippen molar-refractivity contribution in [3.05, 3.63) is 29.8 Å². The highest BCUT2D eigenvalue weighted by molar-refractivity contribution is 5.81. The Hall–Kier alpha value is -1.55. The predicted molar refractivity (Wildman–Crippen MR) is 77.6 cm³/mol. The van der Waals surface area contributed by atoms with Gasteiger partial charge in [-0.2, -0.15) is 0 Å². The van der Waals surface area contributed by atoms with E-state index < -0.39 is 5.54 Å². The summed E-state index contributed by atoms with van der Waals surface area (Å²) in [7, 11) is 0. The van der Waals surface area contributed by atoms with Crippen LogP contribution in [0.15, 0.2) is 24.3 Å². The first-order valence-electron chi connectivity index (χ1n) is 7.28. The van der Waals surface area contributed by atoms with Crippen LogP contribution in [0.25, 0.3) is 0 Å². The van der Waals surface area contributed by atoms with Crippen LogP contribution in [-0.2, 0) is 16.0 Å². The zero-order chi connectivity index (χ0) is 14.6. The molecule has 0 heterocycles. The van der Waals surface area contributed by atoms with Crippen LogP contribution in [0.4, 0.5) is 0 Å². The smallest absolute Gasteiger partial charge is 0.329 e. The normalized spacial score (nSPS) is 17.4. The van der Waals surface area contributed by atoms with Crippen LogP contribution >= 0.6 is 0 Å². The van der Waals surface area contributed by atoms with Crippen LogP contribution in [0.5, 0.6) is 5.75 Å². The van der Waals surface area contributed by atoms with E-state index in [4.69, 9.17) is 15.2 Å². The molecule has 0 bridgehead atoms. The van der Waals surface area contributed by atoms with Gasteiger partial charge in [-0.05, 0) is 49.8 Å². The second kappa shape index (κ2) is 6.27. The van der Waals surface area contributed by atoms with E-state index in [2.05, 4.69) is 6.92 Å². The van der Waals surface area contributed by atoms with E-state index in [-0.39, 0.29) is 18.5 Å². The van der Waals surface area contributed by atoms with Crippen molar-refractivity contribution in [3.63, 3.8) is 0 Å². The number of aryl methyl sites for hydroxylation is 1. The lowest BCUT2D eigenvalue weighted by atomic mass is 9.96. The Morgan fingerprint density at radius 1 is 1.30 bits per heavy atom. The summed E-state index contributed by atoms with van der Waals surface area (Å²) in [6, 6.07) is 7.87. The summed E-state index contributed by atoms with van der Waals surface area (Å²) in [5.41, 5.74) is 6.48. The summed E-state index contributed by atoms with van der Waals surface area (Å²) in [5, 5.41) is 0. The molecule has 2 N–H and O–H groups in total. The maximum absolute atomic E-state index is 12.0. The minimum Gasteiger partial charge on any atom is -0.491 e. The number of carbonyl (C=O) groups is 1. The van der Waals surface area contributed by atoms with Gasteiger partial charge in [0.15, 0.2) is 5.54 Å². The molecule has 1 aromatic rings. The number of benzene rings is 1. The minimum atomic E-state index is -1.01. The van der Waals surface area contributed by atoms with Gasteiger partial charge < -0.3 is 15.2 Å². The van der Waals surface area contributed by atoms with Crippen molar-refractivity contribution in [1.29, 1.82) is 0 Å². The van der Waals surface area contributed by atoms with E-state index in [1.165, 1.54) is 5.56 Å². The Kier molecular flexibility index (Phi) is 4.65. The van der Waals surface area contributed by atoms with Gasteiger partial charge in [0.25, 0.3) is 0 Å². The molecule has 0 aliphatic heterocycles. The van der Waals surface area contributed by atoms with E-state index in [9.17, 15) is 4.79 Å². The highest BCUT2D eigenvalue weighted by atomic mass is 16.5. The Morgan fingerprint density at radius 3 is 2.45 bits per heavy atom. The average Bonchev–Trinajstić information content (AvgIpc) is 3.30. The fourth-order valence-corrected chi connectivity index (χ4v) is 2.23. The number of ether oxygens (including phenoxy) is 2. The van der Waals surface area contributed by atoms with E-state index in [0.29, 0.717) is 6.61 Å². The van der Waals surface area contributed by atoms with Crippen molar-refractivity contribution in [2.45, 2.75) is 38.6 Å². The molecule has 1 unspecified atom stereocenters. The topological polar surface area (TPSA) is 61.5 Å². The fraction of sp³-hybridized carbons (Fsp3) is 0.562. The Balaban J connectivity index is 1.99. The summed E-state index contributed by atoms with van der Waals surface area (Å²) < 4.78 is 10.8. The molecule has 1 saturated carbocycles. The van der Waals surface area contributed by atoms with E-state index in [1.54, 1.807) is 6.92 Å². The van der Waals surface area contributed by atoms with Gasteiger partial charge in [0, 0.05) is 0 Å². The molecule has 0 saturated heterocycles. The van der Waals surface area contributed by atoms with Gasteiger partial charge in [-0.1, -0.05) is 19.1 Å². The quantitative estimate of drug-likeness (QED) is 0.777. The largest absolute Gasteiger partial charge is 0.491 e. The standard InChI is InChI=1S/C16H23NO3/c1-3-12-5-9-14(10-6-12)20-11-16(17,13-7-8-13)15(18)19-4-2/h5-6,9-10,13H,3-4,7-8,11,17H2,1-2H3. The number of esters is 1. The molecular weight excluding hydrogens is 254 g/mol. The van der Waals surface area contributed by atoms with Gasteiger partial charge >= 0.3 is 5.97 Å². The lowest BCUT2D eigenvalue weighted by Crippen LogP contribution is -2.55. The van der Waals surface area contributed by atoms with Gasteiger partial charge in [0.05, 0.1) is 6.61 Å². The molecule has 4 heteroatoms. The SMILES string of the molecule is CCOC(=O)C(N)(COc1ccc(CC)cc1)C1CC1. The van der Waals surface area contributed by atoms with E-state index in [1.807, 2.05) is 24.3 Å². The Morgan fingerprint density at radius 2 is 1.95 bits per heavy atom. The number of hydrogen-bond donors (Lipinski definition) is 1. The van der Waals surface area contributed by atoms with Crippen molar-refractivity contribution < 1.29 is 14.3 Å². The number of carbonyl (C=O) groups excluding carboxylic acids is 1. The summed E-state index contributed by atoms with van der Waals surface area (Å²) in [6.45, 7) is 4.40. The van der Waals surface area contributed by atoms with Crippen molar-refractivity contribution in [3.8, 4) is 5.75 Å². The van der Waals surface area contributed by atoms with Gasteiger partial charge in [-0.3, -0.25) is 0 Å². The van der Waals surface area contributed by atoms with E-state index >= 15 is 0 Å². The molecule has 0 amide bonds. The minimum absolute atomic E-state index is 0.169. The maximum Gasteiger partial charge on any atom is 0.329 e. The number of hydrogen-bond acceptors (Lipinski definition) is 4. The van der Waals surface area contributed by atoms with Gasteiger partial charge in [0.2, 0.25) is 0 Å².